The first-order valence-electron chi connectivity index (χ1n) is 9.42. The summed E-state index contributed by atoms with van der Waals surface area (Å²) in [6, 6.07) is 4.40. The van der Waals surface area contributed by atoms with Crippen molar-refractivity contribution < 1.29 is 31.1 Å². The molecule has 0 aromatic carbocycles. The molecule has 0 unspecified atom stereocenters. The van der Waals surface area contributed by atoms with Crippen molar-refractivity contribution in [2.45, 2.75) is 36.5 Å². The number of ketones is 1. The second kappa shape index (κ2) is 9.31. The van der Waals surface area contributed by atoms with Crippen LogP contribution in [0.25, 0.3) is 0 Å². The highest BCUT2D eigenvalue weighted by molar-refractivity contribution is 7.99. The summed E-state index contributed by atoms with van der Waals surface area (Å²) in [7, 11) is -3.66. The first-order valence-corrected chi connectivity index (χ1v) is 11.8. The Morgan fingerprint density at radius 1 is 1.23 bits per heavy atom. The van der Waals surface area contributed by atoms with Gasteiger partial charge in [0.05, 0.1) is 24.0 Å². The topological polar surface area (TPSA) is 81.5 Å². The van der Waals surface area contributed by atoms with Crippen LogP contribution in [0.15, 0.2) is 34.3 Å². The number of rotatable bonds is 7. The maximum atomic E-state index is 12.7. The lowest BCUT2D eigenvalue weighted by molar-refractivity contribution is -0.141. The summed E-state index contributed by atoms with van der Waals surface area (Å²) < 4.78 is 71.0. The number of morpholine rings is 1. The molecular weight excluding hydrogens is 455 g/mol. The van der Waals surface area contributed by atoms with Crippen molar-refractivity contribution in [1.82, 2.24) is 13.9 Å². The fourth-order valence-electron chi connectivity index (χ4n) is 3.26. The Morgan fingerprint density at radius 3 is 2.48 bits per heavy atom. The van der Waals surface area contributed by atoms with Crippen molar-refractivity contribution in [3.05, 3.63) is 41.3 Å². The summed E-state index contributed by atoms with van der Waals surface area (Å²) in [4.78, 5) is 16.7. The van der Waals surface area contributed by atoms with Gasteiger partial charge in [0.15, 0.2) is 5.78 Å². The molecule has 0 saturated carbocycles. The molecule has 1 saturated heterocycles. The molecule has 3 heterocycles. The summed E-state index contributed by atoms with van der Waals surface area (Å²) >= 11 is 1.09. The van der Waals surface area contributed by atoms with Crippen LogP contribution in [-0.4, -0.2) is 66.3 Å². The molecule has 0 bridgehead atoms. The van der Waals surface area contributed by atoms with Crippen LogP contribution in [0.2, 0.25) is 0 Å². The maximum Gasteiger partial charge on any atom is 0.406 e. The van der Waals surface area contributed by atoms with E-state index in [1.165, 1.54) is 42.5 Å². The van der Waals surface area contributed by atoms with Crippen LogP contribution in [0.5, 0.6) is 0 Å². The minimum absolute atomic E-state index is 0.0289. The molecule has 0 spiro atoms. The molecule has 1 aliphatic heterocycles. The van der Waals surface area contributed by atoms with Crippen molar-refractivity contribution in [3.8, 4) is 0 Å². The van der Waals surface area contributed by atoms with Crippen molar-refractivity contribution in [1.29, 1.82) is 0 Å². The second-order valence-electron chi connectivity index (χ2n) is 7.05. The number of hydrogen-bond donors (Lipinski definition) is 0. The monoisotopic (exact) mass is 477 g/mol. The molecule has 31 heavy (non-hydrogen) atoms. The van der Waals surface area contributed by atoms with E-state index in [0.29, 0.717) is 23.9 Å². The predicted octanol–water partition coefficient (Wildman–Crippen LogP) is 3.06. The number of aryl methyl sites for hydroxylation is 1. The quantitative estimate of drug-likeness (QED) is 0.450. The van der Waals surface area contributed by atoms with Gasteiger partial charge in [-0.05, 0) is 32.0 Å². The average molecular weight is 478 g/mol. The van der Waals surface area contributed by atoms with Gasteiger partial charge in [0.25, 0.3) is 0 Å². The smallest absolute Gasteiger partial charge is 0.379 e. The molecule has 3 rings (SSSR count). The van der Waals surface area contributed by atoms with Gasteiger partial charge in [0, 0.05) is 36.2 Å². The summed E-state index contributed by atoms with van der Waals surface area (Å²) in [5.41, 5.74) is 0.861. The van der Waals surface area contributed by atoms with E-state index in [2.05, 4.69) is 4.98 Å². The lowest BCUT2D eigenvalue weighted by Crippen LogP contribution is -2.40. The summed E-state index contributed by atoms with van der Waals surface area (Å²) in [6.07, 6.45) is -3.14. The minimum atomic E-state index is -4.38. The number of Topliss-reactive ketones (excluding diaryl/α,β-unsaturated/α-hetero) is 1. The first-order chi connectivity index (χ1) is 14.5. The number of thioether (sulfide) groups is 1. The van der Waals surface area contributed by atoms with E-state index in [-0.39, 0.29) is 40.8 Å². The predicted molar refractivity (Wildman–Crippen MR) is 109 cm³/mol. The Hall–Kier alpha value is -1.89. The third kappa shape index (κ3) is 5.68. The molecule has 7 nitrogen and oxygen atoms in total. The van der Waals surface area contributed by atoms with Gasteiger partial charge >= 0.3 is 6.18 Å². The number of pyridine rings is 1. The maximum absolute atomic E-state index is 12.7. The number of halogens is 3. The lowest BCUT2D eigenvalue weighted by Gasteiger charge is -2.25. The molecule has 2 aromatic rings. The van der Waals surface area contributed by atoms with Gasteiger partial charge in [0.2, 0.25) is 10.0 Å². The van der Waals surface area contributed by atoms with Gasteiger partial charge in [-0.2, -0.15) is 17.5 Å². The van der Waals surface area contributed by atoms with Crippen molar-refractivity contribution in [2.75, 3.05) is 32.1 Å². The number of aromatic nitrogens is 2. The van der Waals surface area contributed by atoms with E-state index in [9.17, 15) is 26.4 Å². The molecule has 12 heteroatoms. The fraction of sp³-hybridized carbons (Fsp3) is 0.474. The van der Waals surface area contributed by atoms with Crippen LogP contribution in [0.1, 0.15) is 21.7 Å². The zero-order valence-corrected chi connectivity index (χ0v) is 18.6. The van der Waals surface area contributed by atoms with Gasteiger partial charge in [-0.1, -0.05) is 11.8 Å². The average Bonchev–Trinajstić information content (AvgIpc) is 3.00. The van der Waals surface area contributed by atoms with Crippen molar-refractivity contribution in [2.24, 2.45) is 0 Å². The highest BCUT2D eigenvalue weighted by atomic mass is 32.2. The standard InChI is InChI=1S/C19H22F3N3O4S2/c1-13-9-16(14(2)25(13)12-19(20,21)22)17(26)11-30-18-4-3-15(10-23-18)31(27,28)24-5-7-29-8-6-24/h3-4,9-10H,5-8,11-12H2,1-2H3. The number of hydrogen-bond acceptors (Lipinski definition) is 6. The number of nitrogens with zero attached hydrogens (tertiary/aromatic N) is 3. The van der Waals surface area contributed by atoms with Crippen LogP contribution in [0.3, 0.4) is 0 Å². The highest BCUT2D eigenvalue weighted by Gasteiger charge is 2.30. The van der Waals surface area contributed by atoms with Crippen LogP contribution in [-0.2, 0) is 21.3 Å². The van der Waals surface area contributed by atoms with Gasteiger partial charge in [-0.25, -0.2) is 13.4 Å². The van der Waals surface area contributed by atoms with E-state index >= 15 is 0 Å². The lowest BCUT2D eigenvalue weighted by atomic mass is 10.2. The zero-order valence-electron chi connectivity index (χ0n) is 17.0. The fourth-order valence-corrected chi connectivity index (χ4v) is 5.34. The van der Waals surface area contributed by atoms with E-state index in [4.69, 9.17) is 4.74 Å². The van der Waals surface area contributed by atoms with Crippen LogP contribution < -0.4 is 0 Å². The van der Waals surface area contributed by atoms with Crippen LogP contribution >= 0.6 is 11.8 Å². The normalized spacial score (nSPS) is 15.9. The van der Waals surface area contributed by atoms with Crippen molar-refractivity contribution >= 4 is 27.6 Å². The van der Waals surface area contributed by atoms with Gasteiger partial charge in [-0.3, -0.25) is 4.79 Å². The zero-order chi connectivity index (χ0) is 22.8. The molecular formula is C19H22F3N3O4S2. The molecule has 0 aliphatic carbocycles. The Kier molecular flexibility index (Phi) is 7.14. The van der Waals surface area contributed by atoms with Gasteiger partial charge in [-0.15, -0.1) is 0 Å². The Balaban J connectivity index is 1.65. The minimum Gasteiger partial charge on any atom is -0.379 e. The SMILES string of the molecule is Cc1cc(C(=O)CSc2ccc(S(=O)(=O)N3CCOCC3)cn2)c(C)n1CC(F)(F)F. The number of sulfonamides is 1. The largest absolute Gasteiger partial charge is 0.406 e. The highest BCUT2D eigenvalue weighted by Crippen LogP contribution is 2.25. The van der Waals surface area contributed by atoms with E-state index < -0.39 is 22.7 Å². The molecule has 2 aromatic heterocycles. The number of alkyl halides is 3. The molecule has 0 amide bonds. The van der Waals surface area contributed by atoms with E-state index in [1.54, 1.807) is 0 Å². The van der Waals surface area contributed by atoms with Crippen LogP contribution in [0, 0.1) is 13.8 Å². The Morgan fingerprint density at radius 2 is 1.90 bits per heavy atom. The summed E-state index contributed by atoms with van der Waals surface area (Å²) in [6.45, 7) is 3.10. The molecule has 0 radical (unpaired) electrons. The molecule has 0 N–H and O–H groups in total. The number of carbonyl (C=O) groups excluding carboxylic acids is 1. The van der Waals surface area contributed by atoms with E-state index in [1.807, 2.05) is 0 Å². The van der Waals surface area contributed by atoms with Gasteiger partial charge in [0.1, 0.15) is 11.4 Å². The third-order valence-electron chi connectivity index (χ3n) is 4.88. The third-order valence-corrected chi connectivity index (χ3v) is 7.71. The number of ether oxygens (including phenoxy) is 1. The van der Waals surface area contributed by atoms with Crippen LogP contribution in [0.4, 0.5) is 13.2 Å². The summed E-state index contributed by atoms with van der Waals surface area (Å²) in [5, 5.41) is 0.443. The first kappa shape index (κ1) is 23.8. The summed E-state index contributed by atoms with van der Waals surface area (Å²) in [5.74, 6) is -0.350. The van der Waals surface area contributed by atoms with Crippen molar-refractivity contribution in [3.63, 3.8) is 0 Å². The Bertz CT molecular complexity index is 1040. The Labute approximate surface area is 182 Å². The molecule has 1 fully saturated rings. The van der Waals surface area contributed by atoms with E-state index in [0.717, 1.165) is 16.3 Å². The van der Waals surface area contributed by atoms with Gasteiger partial charge < -0.3 is 9.30 Å². The molecule has 1 aliphatic rings. The molecule has 0 atom stereocenters. The number of carbonyl (C=O) groups is 1. The molecule has 170 valence electrons. The second-order valence-corrected chi connectivity index (χ2v) is 9.98.